The summed E-state index contributed by atoms with van der Waals surface area (Å²) in [5.41, 5.74) is 6.64. The van der Waals surface area contributed by atoms with Gasteiger partial charge in [0, 0.05) is 11.3 Å². The van der Waals surface area contributed by atoms with Crippen molar-refractivity contribution in [2.24, 2.45) is 5.73 Å². The number of halogens is 1. The first-order valence-electron chi connectivity index (χ1n) is 4.98. The maximum Gasteiger partial charge on any atom is 0.124 e. The molecule has 1 aliphatic heterocycles. The first-order valence-corrected chi connectivity index (χ1v) is 6.03. The van der Waals surface area contributed by atoms with E-state index in [0.29, 0.717) is 10.8 Å². The Morgan fingerprint density at radius 3 is 2.81 bits per heavy atom. The number of ether oxygens (including phenoxy) is 1. The number of hydrogen-bond acceptors (Lipinski definition) is 3. The third kappa shape index (κ3) is 2.74. The highest BCUT2D eigenvalue weighted by molar-refractivity contribution is 7.99. The van der Waals surface area contributed by atoms with Crippen LogP contribution in [0.15, 0.2) is 18.2 Å². The van der Waals surface area contributed by atoms with E-state index in [4.69, 9.17) is 15.9 Å². The van der Waals surface area contributed by atoms with Crippen LogP contribution in [0.3, 0.4) is 0 Å². The molecule has 86 valence electrons. The van der Waals surface area contributed by atoms with Crippen molar-refractivity contribution in [2.75, 3.05) is 13.2 Å². The minimum Gasteiger partial charge on any atom is -0.384 e. The summed E-state index contributed by atoms with van der Waals surface area (Å²) in [6.45, 7) is 1.55. The van der Waals surface area contributed by atoms with Gasteiger partial charge in [-0.25, -0.2) is 4.39 Å². The van der Waals surface area contributed by atoms with Gasteiger partial charge in [0.15, 0.2) is 0 Å². The van der Waals surface area contributed by atoms with E-state index in [1.807, 2.05) is 0 Å². The number of nitrogens with one attached hydrogen (secondary N) is 1. The molecule has 0 aliphatic carbocycles. The second kappa shape index (κ2) is 4.84. The van der Waals surface area contributed by atoms with Crippen LogP contribution >= 0.6 is 11.8 Å². The summed E-state index contributed by atoms with van der Waals surface area (Å²) in [7, 11) is 0. The third-order valence-corrected chi connectivity index (χ3v) is 3.61. The van der Waals surface area contributed by atoms with Crippen LogP contribution in [0, 0.1) is 11.2 Å². The lowest BCUT2D eigenvalue weighted by Crippen LogP contribution is -2.30. The summed E-state index contributed by atoms with van der Waals surface area (Å²) in [6.07, 6.45) is 0. The molecule has 0 saturated carbocycles. The van der Waals surface area contributed by atoms with Crippen LogP contribution in [0.4, 0.5) is 4.39 Å². The van der Waals surface area contributed by atoms with Gasteiger partial charge in [-0.15, -0.1) is 11.8 Å². The standard InChI is InChI=1S/C11H13FN2OS/c12-9-2-7(1-8(3-9)11(13)14)6-16-10-4-15-5-10/h1-3,10H,4-6H2,(H3,13,14). The summed E-state index contributed by atoms with van der Waals surface area (Å²) in [4.78, 5) is 0. The number of hydrogen-bond donors (Lipinski definition) is 2. The zero-order valence-electron chi connectivity index (χ0n) is 8.70. The first-order chi connectivity index (χ1) is 7.65. The van der Waals surface area contributed by atoms with Crippen LogP contribution in [0.25, 0.3) is 0 Å². The monoisotopic (exact) mass is 240 g/mol. The fourth-order valence-corrected chi connectivity index (χ4v) is 2.39. The number of rotatable bonds is 4. The fraction of sp³-hybridized carbons (Fsp3) is 0.364. The van der Waals surface area contributed by atoms with Crippen LogP contribution in [-0.2, 0) is 10.5 Å². The Labute approximate surface area is 97.7 Å². The predicted molar refractivity (Wildman–Crippen MR) is 63.3 cm³/mol. The molecule has 1 aromatic carbocycles. The van der Waals surface area contributed by atoms with Crippen LogP contribution < -0.4 is 5.73 Å². The third-order valence-electron chi connectivity index (χ3n) is 2.36. The van der Waals surface area contributed by atoms with Crippen molar-refractivity contribution in [3.8, 4) is 0 Å². The van der Waals surface area contributed by atoms with Crippen molar-refractivity contribution in [2.45, 2.75) is 11.0 Å². The maximum atomic E-state index is 13.2. The van der Waals surface area contributed by atoms with Crippen molar-refractivity contribution in [1.82, 2.24) is 0 Å². The van der Waals surface area contributed by atoms with E-state index in [-0.39, 0.29) is 11.7 Å². The van der Waals surface area contributed by atoms with E-state index >= 15 is 0 Å². The van der Waals surface area contributed by atoms with Crippen molar-refractivity contribution in [1.29, 1.82) is 5.41 Å². The molecule has 1 saturated heterocycles. The van der Waals surface area contributed by atoms with Gasteiger partial charge < -0.3 is 10.5 Å². The smallest absolute Gasteiger partial charge is 0.124 e. The van der Waals surface area contributed by atoms with Gasteiger partial charge in [-0.05, 0) is 23.8 Å². The molecule has 0 atom stereocenters. The number of nitrogens with two attached hydrogens (primary N) is 1. The quantitative estimate of drug-likeness (QED) is 0.622. The molecule has 1 aliphatic rings. The second-order valence-electron chi connectivity index (χ2n) is 3.73. The summed E-state index contributed by atoms with van der Waals surface area (Å²) in [5.74, 6) is 0.289. The molecule has 0 aromatic heterocycles. The van der Waals surface area contributed by atoms with Crippen molar-refractivity contribution in [3.05, 3.63) is 35.1 Å². The van der Waals surface area contributed by atoms with E-state index < -0.39 is 0 Å². The molecular formula is C11H13FN2OS. The lowest BCUT2D eigenvalue weighted by Gasteiger charge is -2.25. The SMILES string of the molecule is N=C(N)c1cc(F)cc(CSC2COC2)c1. The highest BCUT2D eigenvalue weighted by Crippen LogP contribution is 2.24. The minimum absolute atomic E-state index is 0.0993. The van der Waals surface area contributed by atoms with Crippen LogP contribution in [-0.4, -0.2) is 24.3 Å². The van der Waals surface area contributed by atoms with E-state index in [2.05, 4.69) is 0 Å². The first kappa shape index (κ1) is 11.4. The summed E-state index contributed by atoms with van der Waals surface area (Å²) >= 11 is 1.74. The molecular weight excluding hydrogens is 227 g/mol. The second-order valence-corrected chi connectivity index (χ2v) is 5.02. The Kier molecular flexibility index (Phi) is 3.46. The van der Waals surface area contributed by atoms with E-state index in [9.17, 15) is 4.39 Å². The summed E-state index contributed by atoms with van der Waals surface area (Å²) in [5, 5.41) is 7.79. The number of benzene rings is 1. The van der Waals surface area contributed by atoms with Gasteiger partial charge in [-0.2, -0.15) is 0 Å². The van der Waals surface area contributed by atoms with Gasteiger partial charge in [-0.1, -0.05) is 0 Å². The highest BCUT2D eigenvalue weighted by atomic mass is 32.2. The summed E-state index contributed by atoms with van der Waals surface area (Å²) in [6, 6.07) is 4.53. The average Bonchev–Trinajstić information content (AvgIpc) is 2.14. The number of nitrogen functional groups attached to an aromatic ring is 1. The topological polar surface area (TPSA) is 59.1 Å². The fourth-order valence-electron chi connectivity index (χ4n) is 1.41. The number of amidine groups is 1. The Balaban J connectivity index is 2.04. The molecule has 2 rings (SSSR count). The minimum atomic E-state index is -0.340. The predicted octanol–water partition coefficient (Wildman–Crippen LogP) is 1.74. The highest BCUT2D eigenvalue weighted by Gasteiger charge is 2.18. The van der Waals surface area contributed by atoms with Crippen molar-refractivity contribution in [3.63, 3.8) is 0 Å². The Morgan fingerprint density at radius 1 is 1.50 bits per heavy atom. The Morgan fingerprint density at radius 2 is 2.25 bits per heavy atom. The molecule has 16 heavy (non-hydrogen) atoms. The van der Waals surface area contributed by atoms with E-state index in [0.717, 1.165) is 24.5 Å². The molecule has 0 radical (unpaired) electrons. The lowest BCUT2D eigenvalue weighted by molar-refractivity contribution is 0.0455. The van der Waals surface area contributed by atoms with Crippen LogP contribution in [0.5, 0.6) is 0 Å². The van der Waals surface area contributed by atoms with Gasteiger partial charge in [-0.3, -0.25) is 5.41 Å². The molecule has 0 amide bonds. The molecule has 1 aromatic rings. The average molecular weight is 240 g/mol. The zero-order valence-corrected chi connectivity index (χ0v) is 9.52. The normalized spacial score (nSPS) is 15.8. The van der Waals surface area contributed by atoms with Gasteiger partial charge in [0.2, 0.25) is 0 Å². The largest absolute Gasteiger partial charge is 0.384 e. The van der Waals surface area contributed by atoms with E-state index in [1.165, 1.54) is 12.1 Å². The van der Waals surface area contributed by atoms with Gasteiger partial charge in [0.25, 0.3) is 0 Å². The molecule has 0 spiro atoms. The molecule has 3 N–H and O–H groups in total. The van der Waals surface area contributed by atoms with Gasteiger partial charge in [0.05, 0.1) is 18.5 Å². The molecule has 3 nitrogen and oxygen atoms in total. The van der Waals surface area contributed by atoms with Crippen LogP contribution in [0.1, 0.15) is 11.1 Å². The maximum absolute atomic E-state index is 13.2. The molecule has 5 heteroatoms. The number of thioether (sulfide) groups is 1. The van der Waals surface area contributed by atoms with Crippen LogP contribution in [0.2, 0.25) is 0 Å². The van der Waals surface area contributed by atoms with E-state index in [1.54, 1.807) is 17.8 Å². The van der Waals surface area contributed by atoms with Gasteiger partial charge in [0.1, 0.15) is 11.7 Å². The molecule has 1 heterocycles. The Hall–Kier alpha value is -1.07. The molecule has 0 unspecified atom stereocenters. The zero-order chi connectivity index (χ0) is 11.5. The molecule has 1 fully saturated rings. The van der Waals surface area contributed by atoms with Crippen molar-refractivity contribution >= 4 is 17.6 Å². The summed E-state index contributed by atoms with van der Waals surface area (Å²) < 4.78 is 18.3. The Bertz CT molecular complexity index is 407. The molecule has 0 bridgehead atoms. The van der Waals surface area contributed by atoms with Gasteiger partial charge >= 0.3 is 0 Å². The van der Waals surface area contributed by atoms with Crippen molar-refractivity contribution < 1.29 is 9.13 Å². The lowest BCUT2D eigenvalue weighted by atomic mass is 10.1.